The van der Waals surface area contributed by atoms with E-state index >= 15 is 0 Å². The van der Waals surface area contributed by atoms with E-state index in [-0.39, 0.29) is 6.03 Å². The van der Waals surface area contributed by atoms with Crippen molar-refractivity contribution in [1.82, 2.24) is 20.5 Å². The maximum Gasteiger partial charge on any atom is 0.321 e. The Balaban J connectivity index is 1.68. The molecule has 1 aliphatic carbocycles. The second-order valence-corrected chi connectivity index (χ2v) is 3.82. The van der Waals surface area contributed by atoms with Crippen molar-refractivity contribution in [2.24, 2.45) is 5.92 Å². The van der Waals surface area contributed by atoms with Crippen LogP contribution in [0.4, 0.5) is 10.7 Å². The lowest BCUT2D eigenvalue weighted by molar-refractivity contribution is 0.250. The Morgan fingerprint density at radius 1 is 1.53 bits per heavy atom. The van der Waals surface area contributed by atoms with Crippen molar-refractivity contribution >= 4 is 12.0 Å². The highest BCUT2D eigenvalue weighted by Gasteiger charge is 2.15. The van der Waals surface area contributed by atoms with E-state index in [1.54, 1.807) is 0 Å². The predicted octanol–water partition coefficient (Wildman–Crippen LogP) is 1.12. The third-order valence-electron chi connectivity index (χ3n) is 2.67. The minimum Gasteiger partial charge on any atom is -0.338 e. The molecule has 0 saturated heterocycles. The number of carbonyl (C=O) groups excluding carboxylic acids is 1. The second kappa shape index (κ2) is 4.77. The van der Waals surface area contributed by atoms with E-state index in [1.807, 2.05) is 0 Å². The van der Waals surface area contributed by atoms with Gasteiger partial charge in [0.1, 0.15) is 6.33 Å². The fourth-order valence-electron chi connectivity index (χ4n) is 1.87. The summed E-state index contributed by atoms with van der Waals surface area (Å²) in [5, 5.41) is 11.6. The van der Waals surface area contributed by atoms with Crippen molar-refractivity contribution in [2.45, 2.75) is 25.7 Å². The lowest BCUT2D eigenvalue weighted by Gasteiger charge is -2.10. The average molecular weight is 209 g/mol. The second-order valence-electron chi connectivity index (χ2n) is 3.82. The number of rotatable bonds is 3. The highest BCUT2D eigenvalue weighted by molar-refractivity contribution is 5.87. The van der Waals surface area contributed by atoms with Crippen LogP contribution >= 0.6 is 0 Å². The van der Waals surface area contributed by atoms with E-state index in [1.165, 1.54) is 32.0 Å². The molecule has 0 spiro atoms. The number of carbonyl (C=O) groups is 1. The number of nitrogens with zero attached hydrogens (tertiary/aromatic N) is 2. The highest BCUT2D eigenvalue weighted by Crippen LogP contribution is 2.23. The molecule has 2 amide bonds. The molecule has 1 heterocycles. The smallest absolute Gasteiger partial charge is 0.321 e. The first-order chi connectivity index (χ1) is 7.34. The predicted molar refractivity (Wildman–Crippen MR) is 55.4 cm³/mol. The molecular formula is C9H15N5O. The van der Waals surface area contributed by atoms with Gasteiger partial charge in [-0.25, -0.2) is 9.89 Å². The van der Waals surface area contributed by atoms with Crippen LogP contribution < -0.4 is 10.6 Å². The molecule has 1 aliphatic rings. The summed E-state index contributed by atoms with van der Waals surface area (Å²) in [4.78, 5) is 15.2. The zero-order chi connectivity index (χ0) is 10.5. The molecule has 0 bridgehead atoms. The monoisotopic (exact) mass is 209 g/mol. The van der Waals surface area contributed by atoms with E-state index in [4.69, 9.17) is 0 Å². The summed E-state index contributed by atoms with van der Waals surface area (Å²) in [6.07, 6.45) is 6.38. The van der Waals surface area contributed by atoms with Gasteiger partial charge in [-0.3, -0.25) is 5.32 Å². The van der Waals surface area contributed by atoms with Gasteiger partial charge in [0, 0.05) is 6.54 Å². The van der Waals surface area contributed by atoms with E-state index in [0.29, 0.717) is 11.9 Å². The Kier molecular flexibility index (Phi) is 3.16. The molecule has 0 aliphatic heterocycles. The molecule has 0 unspecified atom stereocenters. The van der Waals surface area contributed by atoms with Crippen molar-refractivity contribution in [2.75, 3.05) is 11.9 Å². The number of aromatic nitrogens is 3. The largest absolute Gasteiger partial charge is 0.338 e. The summed E-state index contributed by atoms with van der Waals surface area (Å²) in [6, 6.07) is -0.223. The number of hydrogen-bond donors (Lipinski definition) is 3. The van der Waals surface area contributed by atoms with Crippen LogP contribution in [0.3, 0.4) is 0 Å². The van der Waals surface area contributed by atoms with Gasteiger partial charge in [-0.05, 0) is 18.8 Å². The van der Waals surface area contributed by atoms with Crippen LogP contribution in [0, 0.1) is 5.92 Å². The summed E-state index contributed by atoms with van der Waals surface area (Å²) in [6.45, 7) is 0.750. The van der Waals surface area contributed by atoms with Crippen molar-refractivity contribution < 1.29 is 4.79 Å². The summed E-state index contributed by atoms with van der Waals surface area (Å²) in [5.41, 5.74) is 0. The van der Waals surface area contributed by atoms with Gasteiger partial charge in [0.2, 0.25) is 5.95 Å². The maximum absolute atomic E-state index is 11.4. The van der Waals surface area contributed by atoms with Crippen LogP contribution in [0.15, 0.2) is 6.33 Å². The van der Waals surface area contributed by atoms with Gasteiger partial charge >= 0.3 is 6.03 Å². The lowest BCUT2D eigenvalue weighted by Crippen LogP contribution is -2.32. The molecular weight excluding hydrogens is 194 g/mol. The molecule has 0 atom stereocenters. The first kappa shape index (κ1) is 9.95. The minimum absolute atomic E-state index is 0.223. The van der Waals surface area contributed by atoms with Gasteiger partial charge < -0.3 is 5.32 Å². The van der Waals surface area contributed by atoms with Crippen molar-refractivity contribution in [1.29, 1.82) is 0 Å². The van der Waals surface area contributed by atoms with E-state index in [9.17, 15) is 4.79 Å². The van der Waals surface area contributed by atoms with E-state index in [0.717, 1.165) is 6.54 Å². The quantitative estimate of drug-likeness (QED) is 0.697. The summed E-state index contributed by atoms with van der Waals surface area (Å²) < 4.78 is 0. The first-order valence-electron chi connectivity index (χ1n) is 5.25. The fourth-order valence-corrected chi connectivity index (χ4v) is 1.87. The Hall–Kier alpha value is -1.59. The highest BCUT2D eigenvalue weighted by atomic mass is 16.2. The number of nitrogens with one attached hydrogen (secondary N) is 3. The summed E-state index contributed by atoms with van der Waals surface area (Å²) in [5.74, 6) is 1.02. The number of aromatic amines is 1. The van der Waals surface area contributed by atoms with Gasteiger partial charge in [0.05, 0.1) is 0 Å². The zero-order valence-electron chi connectivity index (χ0n) is 8.49. The molecule has 1 saturated carbocycles. The van der Waals surface area contributed by atoms with Crippen molar-refractivity contribution in [3.63, 3.8) is 0 Å². The topological polar surface area (TPSA) is 82.7 Å². The molecule has 6 heteroatoms. The standard InChI is InChI=1S/C9H15N5O/c15-9(13-8-11-6-12-14-8)10-5-7-3-1-2-4-7/h6-7H,1-5H2,(H3,10,11,12,13,14,15). The molecule has 2 rings (SSSR count). The Bertz CT molecular complexity index is 304. The number of urea groups is 1. The van der Waals surface area contributed by atoms with Gasteiger partial charge in [-0.15, -0.1) is 0 Å². The minimum atomic E-state index is -0.223. The maximum atomic E-state index is 11.4. The first-order valence-corrected chi connectivity index (χ1v) is 5.25. The van der Waals surface area contributed by atoms with Crippen molar-refractivity contribution in [3.05, 3.63) is 6.33 Å². The van der Waals surface area contributed by atoms with Crippen LogP contribution in [0.5, 0.6) is 0 Å². The average Bonchev–Trinajstić information content (AvgIpc) is 2.86. The molecule has 82 valence electrons. The van der Waals surface area contributed by atoms with Crippen LogP contribution in [0.25, 0.3) is 0 Å². The Morgan fingerprint density at radius 3 is 3.00 bits per heavy atom. The molecule has 1 aromatic rings. The molecule has 1 aromatic heterocycles. The van der Waals surface area contributed by atoms with Gasteiger partial charge in [0.15, 0.2) is 0 Å². The summed E-state index contributed by atoms with van der Waals surface area (Å²) >= 11 is 0. The van der Waals surface area contributed by atoms with Crippen LogP contribution in [-0.2, 0) is 0 Å². The van der Waals surface area contributed by atoms with Gasteiger partial charge in [-0.2, -0.15) is 10.1 Å². The number of H-pyrrole nitrogens is 1. The number of amides is 2. The number of hydrogen-bond acceptors (Lipinski definition) is 3. The fraction of sp³-hybridized carbons (Fsp3) is 0.667. The molecule has 0 radical (unpaired) electrons. The van der Waals surface area contributed by atoms with E-state index in [2.05, 4.69) is 25.8 Å². The zero-order valence-corrected chi connectivity index (χ0v) is 8.49. The third-order valence-corrected chi connectivity index (χ3v) is 2.67. The Morgan fingerprint density at radius 2 is 2.33 bits per heavy atom. The van der Waals surface area contributed by atoms with Gasteiger partial charge in [-0.1, -0.05) is 12.8 Å². The lowest BCUT2D eigenvalue weighted by atomic mass is 10.1. The van der Waals surface area contributed by atoms with E-state index < -0.39 is 0 Å². The van der Waals surface area contributed by atoms with Crippen molar-refractivity contribution in [3.8, 4) is 0 Å². The normalized spacial score (nSPS) is 16.5. The molecule has 0 aromatic carbocycles. The third kappa shape index (κ3) is 2.93. The molecule has 15 heavy (non-hydrogen) atoms. The number of anilines is 1. The molecule has 6 nitrogen and oxygen atoms in total. The summed E-state index contributed by atoms with van der Waals surface area (Å²) in [7, 11) is 0. The van der Waals surface area contributed by atoms with Gasteiger partial charge in [0.25, 0.3) is 0 Å². The molecule has 1 fully saturated rings. The Labute approximate surface area is 87.9 Å². The van der Waals surface area contributed by atoms with Crippen LogP contribution in [-0.4, -0.2) is 27.8 Å². The van der Waals surface area contributed by atoms with Crippen LogP contribution in [0.2, 0.25) is 0 Å². The SMILES string of the molecule is O=C(NCC1CCCC1)Nc1ncn[nH]1. The molecule has 3 N–H and O–H groups in total. The van der Waals surface area contributed by atoms with Crippen LogP contribution in [0.1, 0.15) is 25.7 Å².